The first-order valence-electron chi connectivity index (χ1n) is 28.0. The van der Waals surface area contributed by atoms with Crippen LogP contribution in [0.15, 0.2) is 72.8 Å². The van der Waals surface area contributed by atoms with E-state index in [0.29, 0.717) is 37.9 Å². The molecule has 2 aromatic heterocycles. The monoisotopic (exact) mass is 1050 g/mol. The van der Waals surface area contributed by atoms with Gasteiger partial charge in [0.25, 0.3) is 0 Å². The molecular formula is C61H76N8O8. The largest absolute Gasteiger partial charge is 0.453 e. The fourth-order valence-corrected chi connectivity index (χ4v) is 13.3. The van der Waals surface area contributed by atoms with Crippen molar-refractivity contribution in [2.75, 3.05) is 41.7 Å². The quantitative estimate of drug-likeness (QED) is 0.0644. The van der Waals surface area contributed by atoms with Crippen LogP contribution in [0.25, 0.3) is 44.3 Å². The molecule has 2 aliphatic heterocycles. The van der Waals surface area contributed by atoms with Gasteiger partial charge in [-0.15, -0.1) is 0 Å². The van der Waals surface area contributed by atoms with Gasteiger partial charge in [0.1, 0.15) is 23.7 Å². The van der Waals surface area contributed by atoms with Gasteiger partial charge >= 0.3 is 12.2 Å². The molecule has 16 heteroatoms. The number of H-pyrrole nitrogens is 2. The number of amides is 4. The number of carbonyl (C=O) groups is 4. The number of nitrogens with one attached hydrogen (secondary N) is 4. The molecule has 4 N–H and O–H groups in total. The molecule has 4 fully saturated rings. The Labute approximate surface area is 451 Å². The number of fused-ring (bicyclic) bond motifs is 4. The molecule has 4 aliphatic rings. The van der Waals surface area contributed by atoms with Gasteiger partial charge in [0.15, 0.2) is 0 Å². The predicted molar refractivity (Wildman–Crippen MR) is 296 cm³/mol. The van der Waals surface area contributed by atoms with Crippen LogP contribution in [-0.2, 0) is 47.8 Å². The minimum absolute atomic E-state index is 0.0790. The maximum Gasteiger partial charge on any atom is 0.407 e. The number of likely N-dealkylation sites (tertiary alicyclic amines) is 2. The molecule has 0 bridgehead atoms. The molecule has 4 heterocycles. The number of ether oxygens (including phenoxy) is 4. The number of aromatic nitrogens is 4. The number of alkyl carbamates (subject to hydrolysis) is 2. The Kier molecular flexibility index (Phi) is 16.6. The van der Waals surface area contributed by atoms with Gasteiger partial charge < -0.3 is 49.3 Å². The minimum atomic E-state index is -0.775. The molecule has 4 amide bonds. The summed E-state index contributed by atoms with van der Waals surface area (Å²) >= 11 is 0. The highest BCUT2D eigenvalue weighted by Gasteiger charge is 2.49. The SMILES string of the molecule is CCc1ccc(CCc2ccc(C)cc2-c2ccc3[nH]c([C@@H]4C[C@@H]5CCCC[C@@H]5N4C(=O)[C@H](CCOC)NC(=O)OC)nc3c2)cc1-c1ccc2[nH]c([C@@H]3C[C@@H]4CCCC[C@@H]4N3C(=O)[C@H](CCOC)NC(=O)OC)nc2c1. The average molecular weight is 1050 g/mol. The fourth-order valence-electron chi connectivity index (χ4n) is 13.3. The number of benzene rings is 4. The minimum Gasteiger partial charge on any atom is -0.453 e. The van der Waals surface area contributed by atoms with Crippen LogP contribution in [0, 0.1) is 18.8 Å². The average Bonchev–Trinajstić information content (AvgIpc) is 4.34. The molecule has 2 saturated carbocycles. The second-order valence-electron chi connectivity index (χ2n) is 21.9. The summed E-state index contributed by atoms with van der Waals surface area (Å²) in [4.78, 5) is 75.6. The van der Waals surface area contributed by atoms with E-state index in [1.807, 2.05) is 9.80 Å². The van der Waals surface area contributed by atoms with Crippen molar-refractivity contribution >= 4 is 46.1 Å². The molecular weight excluding hydrogens is 973 g/mol. The summed E-state index contributed by atoms with van der Waals surface area (Å²) in [5.74, 6) is 2.03. The summed E-state index contributed by atoms with van der Waals surface area (Å²) in [6.45, 7) is 4.98. The lowest BCUT2D eigenvalue weighted by molar-refractivity contribution is -0.138. The molecule has 408 valence electrons. The Balaban J connectivity index is 0.888. The van der Waals surface area contributed by atoms with Crippen LogP contribution in [0.2, 0.25) is 0 Å². The summed E-state index contributed by atoms with van der Waals surface area (Å²) in [6, 6.07) is 24.6. The number of aryl methyl sites for hydroxylation is 4. The molecule has 16 nitrogen and oxygen atoms in total. The molecule has 0 unspecified atom stereocenters. The zero-order chi connectivity index (χ0) is 53.7. The lowest BCUT2D eigenvalue weighted by Crippen LogP contribution is -2.52. The number of carbonyl (C=O) groups excluding carboxylic acids is 4. The van der Waals surface area contributed by atoms with Crippen LogP contribution in [0.3, 0.4) is 0 Å². The zero-order valence-corrected chi connectivity index (χ0v) is 45.6. The van der Waals surface area contributed by atoms with Crippen molar-refractivity contribution in [1.29, 1.82) is 0 Å². The van der Waals surface area contributed by atoms with E-state index in [1.54, 1.807) is 14.2 Å². The van der Waals surface area contributed by atoms with Crippen molar-refractivity contribution < 1.29 is 38.1 Å². The Bertz CT molecular complexity index is 3100. The summed E-state index contributed by atoms with van der Waals surface area (Å²) in [5, 5.41) is 5.58. The van der Waals surface area contributed by atoms with Gasteiger partial charge in [-0.3, -0.25) is 9.59 Å². The molecule has 8 atom stereocenters. The molecule has 2 aliphatic carbocycles. The standard InChI is InChI=1S/C61H76N8O8/c1-7-38-20-17-37(31-45(38)41-23-25-47-51(33-41)65-57(63-47)55-35-43-13-9-11-15-53(43)69(55)59(71)49(27-29-75-4)67-61(73)77-6)18-21-39-19-16-36(2)30-44(39)40-22-24-46-50(32-40)64-56(62-46)54-34-42-12-8-10-14-52(42)68(54)58(70)48(26-28-74-3)66-60(72)76-5/h16-17,19-20,22-25,30-33,42-43,48-49,52-55H,7-15,18,21,26-29,34-35H2,1-6H3,(H,62,64)(H,63,65)(H,66,72)(H,67,73)/t42-,43-,48-,49-,52-,53-,54-,55-/m0/s1. The number of hydrogen-bond donors (Lipinski definition) is 4. The van der Waals surface area contributed by atoms with E-state index in [0.717, 1.165) is 128 Å². The van der Waals surface area contributed by atoms with Gasteiger partial charge in [-0.1, -0.05) is 86.7 Å². The van der Waals surface area contributed by atoms with Crippen LogP contribution in [-0.4, -0.2) is 120 Å². The van der Waals surface area contributed by atoms with Gasteiger partial charge in [0.2, 0.25) is 11.8 Å². The van der Waals surface area contributed by atoms with E-state index in [1.165, 1.54) is 47.6 Å². The van der Waals surface area contributed by atoms with Crippen LogP contribution in [0.4, 0.5) is 9.59 Å². The van der Waals surface area contributed by atoms with Gasteiger partial charge in [-0.25, -0.2) is 19.6 Å². The summed E-state index contributed by atoms with van der Waals surface area (Å²) in [6.07, 6.45) is 12.0. The highest BCUT2D eigenvalue weighted by molar-refractivity contribution is 5.89. The van der Waals surface area contributed by atoms with E-state index in [9.17, 15) is 19.2 Å². The lowest BCUT2D eigenvalue weighted by Gasteiger charge is -2.35. The first-order chi connectivity index (χ1) is 37.5. The van der Waals surface area contributed by atoms with Gasteiger partial charge in [0, 0.05) is 52.4 Å². The number of imidazole rings is 2. The first kappa shape index (κ1) is 53.6. The maximum atomic E-state index is 14.5. The number of nitrogens with zero attached hydrogens (tertiary/aromatic N) is 4. The van der Waals surface area contributed by atoms with E-state index < -0.39 is 24.3 Å². The van der Waals surface area contributed by atoms with Crippen LogP contribution in [0.1, 0.15) is 130 Å². The van der Waals surface area contributed by atoms with E-state index in [2.05, 4.69) is 107 Å². The van der Waals surface area contributed by atoms with Crippen LogP contribution >= 0.6 is 0 Å². The normalized spacial score (nSPS) is 21.9. The van der Waals surface area contributed by atoms with Gasteiger partial charge in [0.05, 0.1) is 48.4 Å². The third kappa shape index (κ3) is 11.3. The Morgan fingerprint density at radius 1 is 0.610 bits per heavy atom. The Morgan fingerprint density at radius 2 is 1.10 bits per heavy atom. The molecule has 0 radical (unpaired) electrons. The van der Waals surface area contributed by atoms with Crippen molar-refractivity contribution in [2.24, 2.45) is 11.8 Å². The van der Waals surface area contributed by atoms with Gasteiger partial charge in [-0.05, 0) is 140 Å². The molecule has 4 aromatic carbocycles. The zero-order valence-electron chi connectivity index (χ0n) is 45.6. The highest BCUT2D eigenvalue weighted by atomic mass is 16.5. The Hall–Kier alpha value is -6.78. The topological polar surface area (TPSA) is 193 Å². The summed E-state index contributed by atoms with van der Waals surface area (Å²) in [5.41, 5.74) is 13.0. The Morgan fingerprint density at radius 3 is 1.60 bits per heavy atom. The van der Waals surface area contributed by atoms with E-state index in [4.69, 9.17) is 28.9 Å². The third-order valence-corrected chi connectivity index (χ3v) is 17.2. The van der Waals surface area contributed by atoms with Crippen molar-refractivity contribution in [3.05, 3.63) is 107 Å². The number of methoxy groups -OCH3 is 4. The van der Waals surface area contributed by atoms with Crippen molar-refractivity contribution in [2.45, 2.75) is 146 Å². The van der Waals surface area contributed by atoms with Crippen LogP contribution < -0.4 is 10.6 Å². The first-order valence-corrected chi connectivity index (χ1v) is 28.0. The summed E-state index contributed by atoms with van der Waals surface area (Å²) < 4.78 is 20.5. The molecule has 2 saturated heterocycles. The molecule has 0 spiro atoms. The fraction of sp³-hybridized carbons (Fsp3) is 0.508. The summed E-state index contributed by atoms with van der Waals surface area (Å²) in [7, 11) is 5.81. The van der Waals surface area contributed by atoms with E-state index in [-0.39, 0.29) is 36.0 Å². The molecule has 77 heavy (non-hydrogen) atoms. The van der Waals surface area contributed by atoms with Crippen LogP contribution in [0.5, 0.6) is 0 Å². The molecule has 10 rings (SSSR count). The van der Waals surface area contributed by atoms with Gasteiger partial charge in [-0.2, -0.15) is 0 Å². The number of aromatic amines is 2. The second-order valence-corrected chi connectivity index (χ2v) is 21.9. The predicted octanol–water partition coefficient (Wildman–Crippen LogP) is 10.6. The molecule has 6 aromatic rings. The third-order valence-electron chi connectivity index (χ3n) is 17.2. The number of rotatable bonds is 18. The lowest BCUT2D eigenvalue weighted by atomic mass is 9.84. The smallest absolute Gasteiger partial charge is 0.407 e. The highest BCUT2D eigenvalue weighted by Crippen LogP contribution is 2.48. The number of hydrogen-bond acceptors (Lipinski definition) is 10. The second kappa shape index (κ2) is 23.9. The van der Waals surface area contributed by atoms with Crippen molar-refractivity contribution in [1.82, 2.24) is 40.4 Å². The van der Waals surface area contributed by atoms with Crippen molar-refractivity contribution in [3.63, 3.8) is 0 Å². The maximum absolute atomic E-state index is 14.5. The van der Waals surface area contributed by atoms with Crippen molar-refractivity contribution in [3.8, 4) is 22.3 Å². The van der Waals surface area contributed by atoms with E-state index >= 15 is 0 Å².